The van der Waals surface area contributed by atoms with Crippen molar-refractivity contribution in [3.05, 3.63) is 58.9 Å². The highest BCUT2D eigenvalue weighted by molar-refractivity contribution is 6.31. The van der Waals surface area contributed by atoms with Crippen molar-refractivity contribution in [2.75, 3.05) is 42.9 Å². The number of likely N-dealkylation sites (N-methyl/N-ethyl adjacent to an activating group) is 1. The number of amides is 1. The van der Waals surface area contributed by atoms with Gasteiger partial charge in [-0.05, 0) is 48.9 Å². The van der Waals surface area contributed by atoms with Gasteiger partial charge in [-0.25, -0.2) is 4.39 Å². The van der Waals surface area contributed by atoms with E-state index in [0.29, 0.717) is 17.9 Å². The van der Waals surface area contributed by atoms with E-state index in [1.54, 1.807) is 12.1 Å². The zero-order valence-corrected chi connectivity index (χ0v) is 16.3. The molecule has 0 aliphatic carbocycles. The van der Waals surface area contributed by atoms with Crippen LogP contribution in [0.15, 0.2) is 42.5 Å². The third-order valence-electron chi connectivity index (χ3n) is 4.92. The number of carbonyl (C=O) groups excluding carboxylic acids is 1. The molecule has 27 heavy (non-hydrogen) atoms. The first-order valence-electron chi connectivity index (χ1n) is 9.36. The third-order valence-corrected chi connectivity index (χ3v) is 5.16. The number of hydrogen-bond donors (Lipinski definition) is 1. The molecule has 2 aromatic carbocycles. The number of nitrogens with one attached hydrogen (secondary N) is 1. The summed E-state index contributed by atoms with van der Waals surface area (Å²) < 4.78 is 13.3. The van der Waals surface area contributed by atoms with Gasteiger partial charge in [-0.15, -0.1) is 0 Å². The second kappa shape index (κ2) is 9.20. The fourth-order valence-electron chi connectivity index (χ4n) is 3.35. The summed E-state index contributed by atoms with van der Waals surface area (Å²) in [6.45, 7) is 7.07. The molecule has 0 radical (unpaired) electrons. The summed E-state index contributed by atoms with van der Waals surface area (Å²) in [6.07, 6.45) is 0.785. The molecule has 0 atom stereocenters. The van der Waals surface area contributed by atoms with Crippen LogP contribution in [0.3, 0.4) is 0 Å². The lowest BCUT2D eigenvalue weighted by atomic mass is 10.1. The van der Waals surface area contributed by atoms with E-state index in [2.05, 4.69) is 22.0 Å². The highest BCUT2D eigenvalue weighted by atomic mass is 35.5. The molecule has 0 bridgehead atoms. The summed E-state index contributed by atoms with van der Waals surface area (Å²) in [5.41, 5.74) is 2.54. The number of rotatable bonds is 6. The van der Waals surface area contributed by atoms with E-state index in [1.165, 1.54) is 12.1 Å². The van der Waals surface area contributed by atoms with Crippen LogP contribution in [0.25, 0.3) is 0 Å². The topological polar surface area (TPSA) is 35.6 Å². The van der Waals surface area contributed by atoms with E-state index < -0.39 is 0 Å². The van der Waals surface area contributed by atoms with Crippen molar-refractivity contribution in [1.82, 2.24) is 4.90 Å². The number of anilines is 2. The van der Waals surface area contributed by atoms with Crippen LogP contribution >= 0.6 is 11.6 Å². The van der Waals surface area contributed by atoms with E-state index >= 15 is 0 Å². The predicted molar refractivity (Wildman–Crippen MR) is 109 cm³/mol. The molecule has 1 N–H and O–H groups in total. The monoisotopic (exact) mass is 389 g/mol. The van der Waals surface area contributed by atoms with E-state index in [4.69, 9.17) is 11.6 Å². The van der Waals surface area contributed by atoms with Crippen LogP contribution in [0.5, 0.6) is 0 Å². The molecule has 1 saturated heterocycles. The van der Waals surface area contributed by atoms with Crippen molar-refractivity contribution in [3.63, 3.8) is 0 Å². The fourth-order valence-corrected chi connectivity index (χ4v) is 3.52. The molecule has 0 unspecified atom stereocenters. The molecule has 144 valence electrons. The van der Waals surface area contributed by atoms with Gasteiger partial charge >= 0.3 is 0 Å². The van der Waals surface area contributed by atoms with Gasteiger partial charge in [-0.3, -0.25) is 4.79 Å². The normalized spacial score (nSPS) is 15.0. The Kier molecular flexibility index (Phi) is 6.69. The Hall–Kier alpha value is -2.11. The summed E-state index contributed by atoms with van der Waals surface area (Å²) in [5.74, 6) is -0.383. The highest BCUT2D eigenvalue weighted by Crippen LogP contribution is 2.30. The third kappa shape index (κ3) is 5.44. The largest absolute Gasteiger partial charge is 0.367 e. The number of carbonyl (C=O) groups is 1. The molecule has 0 saturated carbocycles. The Labute approximate surface area is 164 Å². The Bertz CT molecular complexity index is 791. The minimum atomic E-state index is -0.281. The summed E-state index contributed by atoms with van der Waals surface area (Å²) >= 11 is 6.16. The zero-order chi connectivity index (χ0) is 19.2. The molecule has 6 heteroatoms. The lowest BCUT2D eigenvalue weighted by Crippen LogP contribution is -2.46. The van der Waals surface area contributed by atoms with Crippen molar-refractivity contribution in [3.8, 4) is 0 Å². The Balaban J connectivity index is 1.65. The summed E-state index contributed by atoms with van der Waals surface area (Å²) in [7, 11) is 0. The van der Waals surface area contributed by atoms with E-state index in [0.717, 1.165) is 49.7 Å². The lowest BCUT2D eigenvalue weighted by molar-refractivity contribution is -0.116. The van der Waals surface area contributed by atoms with Crippen molar-refractivity contribution < 1.29 is 9.18 Å². The molecule has 3 rings (SSSR count). The van der Waals surface area contributed by atoms with Crippen molar-refractivity contribution >= 4 is 28.9 Å². The first-order chi connectivity index (χ1) is 13.0. The van der Waals surface area contributed by atoms with Gasteiger partial charge in [0.1, 0.15) is 5.82 Å². The molecule has 4 nitrogen and oxygen atoms in total. The summed E-state index contributed by atoms with van der Waals surface area (Å²) in [6, 6.07) is 12.0. The average molecular weight is 390 g/mol. The van der Waals surface area contributed by atoms with Crippen LogP contribution in [-0.2, 0) is 11.2 Å². The summed E-state index contributed by atoms with van der Waals surface area (Å²) in [5, 5.41) is 3.58. The Morgan fingerprint density at radius 3 is 2.63 bits per heavy atom. The maximum Gasteiger partial charge on any atom is 0.224 e. The molecule has 0 spiro atoms. The van der Waals surface area contributed by atoms with E-state index in [-0.39, 0.29) is 11.7 Å². The molecule has 1 aliphatic rings. The average Bonchev–Trinajstić information content (AvgIpc) is 2.67. The highest BCUT2D eigenvalue weighted by Gasteiger charge is 2.19. The standard InChI is InChI=1S/C21H25ClFN3O/c1-2-25-10-12-26(13-11-25)20-8-7-17(22)15-19(20)24-21(27)9-6-16-4-3-5-18(23)14-16/h3-5,7-8,14-15H,2,6,9-13H2,1H3,(H,24,27). The van der Waals surface area contributed by atoms with Gasteiger partial charge < -0.3 is 15.1 Å². The molecule has 1 heterocycles. The van der Waals surface area contributed by atoms with Gasteiger partial charge in [-0.1, -0.05) is 30.7 Å². The van der Waals surface area contributed by atoms with Gasteiger partial charge in [0.05, 0.1) is 11.4 Å². The molecule has 2 aromatic rings. The van der Waals surface area contributed by atoms with Crippen LogP contribution in [-0.4, -0.2) is 43.5 Å². The van der Waals surface area contributed by atoms with Gasteiger partial charge in [0.25, 0.3) is 0 Å². The molecule has 1 aliphatic heterocycles. The number of hydrogen-bond acceptors (Lipinski definition) is 3. The quantitative estimate of drug-likeness (QED) is 0.804. The van der Waals surface area contributed by atoms with Gasteiger partial charge in [0.2, 0.25) is 5.91 Å². The van der Waals surface area contributed by atoms with Gasteiger partial charge in [0.15, 0.2) is 0 Å². The van der Waals surface area contributed by atoms with Crippen molar-refractivity contribution in [2.45, 2.75) is 19.8 Å². The maximum atomic E-state index is 13.3. The maximum absolute atomic E-state index is 13.3. The molecular weight excluding hydrogens is 365 g/mol. The van der Waals surface area contributed by atoms with Crippen LogP contribution in [0.1, 0.15) is 18.9 Å². The van der Waals surface area contributed by atoms with Crippen LogP contribution in [0.2, 0.25) is 5.02 Å². The van der Waals surface area contributed by atoms with Gasteiger partial charge in [0, 0.05) is 37.6 Å². The van der Waals surface area contributed by atoms with Crippen LogP contribution in [0.4, 0.5) is 15.8 Å². The zero-order valence-electron chi connectivity index (χ0n) is 15.5. The van der Waals surface area contributed by atoms with E-state index in [9.17, 15) is 9.18 Å². The lowest BCUT2D eigenvalue weighted by Gasteiger charge is -2.36. The second-order valence-corrected chi connectivity index (χ2v) is 7.20. The van der Waals surface area contributed by atoms with Crippen molar-refractivity contribution in [2.24, 2.45) is 0 Å². The molecule has 1 amide bonds. The number of benzene rings is 2. The molecule has 1 fully saturated rings. The second-order valence-electron chi connectivity index (χ2n) is 6.76. The minimum absolute atomic E-state index is 0.102. The number of halogens is 2. The van der Waals surface area contributed by atoms with Gasteiger partial charge in [-0.2, -0.15) is 0 Å². The Morgan fingerprint density at radius 1 is 1.15 bits per heavy atom. The SMILES string of the molecule is CCN1CCN(c2ccc(Cl)cc2NC(=O)CCc2cccc(F)c2)CC1. The smallest absolute Gasteiger partial charge is 0.224 e. The number of nitrogens with zero attached hydrogens (tertiary/aromatic N) is 2. The molecular formula is C21H25ClFN3O. The number of aryl methyl sites for hydroxylation is 1. The van der Waals surface area contributed by atoms with Crippen molar-refractivity contribution in [1.29, 1.82) is 0 Å². The van der Waals surface area contributed by atoms with Crippen LogP contribution in [0, 0.1) is 5.82 Å². The first kappa shape index (κ1) is 19.6. The van der Waals surface area contributed by atoms with Crippen LogP contribution < -0.4 is 10.2 Å². The first-order valence-corrected chi connectivity index (χ1v) is 9.74. The summed E-state index contributed by atoms with van der Waals surface area (Å²) in [4.78, 5) is 17.1. The Morgan fingerprint density at radius 2 is 1.93 bits per heavy atom. The predicted octanol–water partition coefficient (Wildman–Crippen LogP) is 4.19. The fraction of sp³-hybridized carbons (Fsp3) is 0.381. The minimum Gasteiger partial charge on any atom is -0.367 e. The molecule has 0 aromatic heterocycles. The van der Waals surface area contributed by atoms with E-state index in [1.807, 2.05) is 18.2 Å². The number of piperazine rings is 1.